The number of rotatable bonds is 5. The van der Waals surface area contributed by atoms with Crippen molar-refractivity contribution >= 4 is 52.3 Å². The Morgan fingerprint density at radius 3 is 2.27 bits per heavy atom. The smallest absolute Gasteiger partial charge is 0.334 e. The highest BCUT2D eigenvalue weighted by atomic mass is 35.5. The van der Waals surface area contributed by atoms with Crippen molar-refractivity contribution in [2.45, 2.75) is 34.8 Å². The Balaban J connectivity index is 1.48. The summed E-state index contributed by atoms with van der Waals surface area (Å²) >= 11 is 18.6. The highest BCUT2D eigenvalue weighted by Crippen LogP contribution is 2.65. The summed E-state index contributed by atoms with van der Waals surface area (Å²) in [6.07, 6.45) is -3.39. The number of amides is 2. The summed E-state index contributed by atoms with van der Waals surface area (Å²) in [5.74, 6) is -2.73. The molecule has 0 radical (unpaired) electrons. The minimum absolute atomic E-state index is 0.0779. The maximum absolute atomic E-state index is 12.8. The largest absolute Gasteiger partial charge is 0.416 e. The molecule has 2 aromatic carbocycles. The second-order valence-electron chi connectivity index (χ2n) is 8.08. The number of nitrogens with zero attached hydrogens (tertiary/aromatic N) is 1. The van der Waals surface area contributed by atoms with Crippen molar-refractivity contribution in [1.29, 1.82) is 5.26 Å². The van der Waals surface area contributed by atoms with Gasteiger partial charge in [-0.05, 0) is 48.7 Å². The molecule has 2 atom stereocenters. The minimum atomic E-state index is -4.48. The van der Waals surface area contributed by atoms with Crippen molar-refractivity contribution in [3.63, 3.8) is 0 Å². The number of hydrogen-bond donors (Lipinski definition) is 2. The van der Waals surface area contributed by atoms with E-state index in [1.165, 1.54) is 30.3 Å². The molecule has 2 fully saturated rings. The van der Waals surface area contributed by atoms with Gasteiger partial charge < -0.3 is 10.6 Å². The van der Waals surface area contributed by atoms with Gasteiger partial charge in [-0.3, -0.25) is 9.59 Å². The van der Waals surface area contributed by atoms with Gasteiger partial charge in [-0.25, -0.2) is 0 Å². The summed E-state index contributed by atoms with van der Waals surface area (Å²) in [4.78, 5) is 25.3. The van der Waals surface area contributed by atoms with Crippen molar-refractivity contribution < 1.29 is 22.8 Å². The number of hydrogen-bond acceptors (Lipinski definition) is 3. The van der Waals surface area contributed by atoms with E-state index >= 15 is 0 Å². The second-order valence-corrected chi connectivity index (χ2v) is 9.93. The summed E-state index contributed by atoms with van der Waals surface area (Å²) < 4.78 is 36.9. The topological polar surface area (TPSA) is 82.0 Å². The Bertz CT molecular complexity index is 1170. The fourth-order valence-corrected chi connectivity index (χ4v) is 4.65. The number of benzene rings is 2. The molecule has 2 aromatic rings. The van der Waals surface area contributed by atoms with E-state index in [4.69, 9.17) is 40.1 Å². The van der Waals surface area contributed by atoms with Gasteiger partial charge in [0, 0.05) is 11.6 Å². The molecule has 0 unspecified atom stereocenters. The molecule has 2 saturated carbocycles. The average molecular weight is 517 g/mol. The van der Waals surface area contributed by atoms with E-state index < -0.39 is 45.3 Å². The number of carbonyl (C=O) groups excluding carboxylic acids is 2. The molecule has 172 valence electrons. The number of halogens is 6. The standard InChI is InChI=1S/C22H15Cl3F3N3O2/c23-15-6-5-13(9-14(15)18(32)31-20(10-29)7-8-20)30-19(33)17-16(21(17,24)25)11-1-3-12(4-2-11)22(26,27)28/h1-6,9,16-17H,7-8H2,(H,30,33)(H,31,32)/t16-,17+/m1/s1. The van der Waals surface area contributed by atoms with E-state index in [1.54, 1.807) is 0 Å². The fraction of sp³-hybridized carbons (Fsp3) is 0.318. The molecule has 0 spiro atoms. The van der Waals surface area contributed by atoms with Crippen molar-refractivity contribution in [3.05, 3.63) is 64.2 Å². The molecule has 5 nitrogen and oxygen atoms in total. The Kier molecular flexibility index (Phi) is 5.80. The van der Waals surface area contributed by atoms with E-state index in [9.17, 15) is 22.8 Å². The number of anilines is 1. The summed E-state index contributed by atoms with van der Waals surface area (Å²) in [6.45, 7) is 0. The predicted octanol–water partition coefficient (Wildman–Crippen LogP) is 5.67. The van der Waals surface area contributed by atoms with Crippen LogP contribution in [0.3, 0.4) is 0 Å². The third-order valence-corrected chi connectivity index (χ3v) is 7.00. The second kappa shape index (κ2) is 8.08. The van der Waals surface area contributed by atoms with Gasteiger partial charge in [-0.15, -0.1) is 23.2 Å². The molecule has 2 N–H and O–H groups in total. The van der Waals surface area contributed by atoms with E-state index in [0.717, 1.165) is 12.1 Å². The fourth-order valence-electron chi connectivity index (χ4n) is 3.62. The highest BCUT2D eigenvalue weighted by molar-refractivity contribution is 6.53. The molecule has 2 aliphatic carbocycles. The zero-order chi connectivity index (χ0) is 24.2. The van der Waals surface area contributed by atoms with Crippen LogP contribution in [-0.4, -0.2) is 21.7 Å². The Hall–Kier alpha value is -2.47. The first-order valence-corrected chi connectivity index (χ1v) is 10.9. The molecule has 2 aliphatic rings. The van der Waals surface area contributed by atoms with Crippen LogP contribution >= 0.6 is 34.8 Å². The van der Waals surface area contributed by atoms with E-state index in [0.29, 0.717) is 18.4 Å². The van der Waals surface area contributed by atoms with Crippen LogP contribution in [-0.2, 0) is 11.0 Å². The van der Waals surface area contributed by atoms with Crippen LogP contribution in [0, 0.1) is 17.2 Å². The molecular weight excluding hydrogens is 502 g/mol. The lowest BCUT2D eigenvalue weighted by Gasteiger charge is -2.12. The van der Waals surface area contributed by atoms with Crippen molar-refractivity contribution in [3.8, 4) is 6.07 Å². The van der Waals surface area contributed by atoms with Gasteiger partial charge in [0.2, 0.25) is 5.91 Å². The Morgan fingerprint density at radius 2 is 1.73 bits per heavy atom. The Morgan fingerprint density at radius 1 is 1.09 bits per heavy atom. The third kappa shape index (κ3) is 4.63. The van der Waals surface area contributed by atoms with Gasteiger partial charge in [-0.2, -0.15) is 18.4 Å². The van der Waals surface area contributed by atoms with E-state index in [2.05, 4.69) is 10.6 Å². The lowest BCUT2D eigenvalue weighted by atomic mass is 10.1. The van der Waals surface area contributed by atoms with Crippen LogP contribution < -0.4 is 10.6 Å². The van der Waals surface area contributed by atoms with Gasteiger partial charge in [0.15, 0.2) is 0 Å². The molecule has 0 aromatic heterocycles. The zero-order valence-corrected chi connectivity index (χ0v) is 18.9. The van der Waals surface area contributed by atoms with Crippen LogP contribution in [0.2, 0.25) is 5.02 Å². The molecule has 0 saturated heterocycles. The molecule has 11 heteroatoms. The van der Waals surface area contributed by atoms with Gasteiger partial charge in [-0.1, -0.05) is 23.7 Å². The number of nitrogens with one attached hydrogen (secondary N) is 2. The lowest BCUT2D eigenvalue weighted by molar-refractivity contribution is -0.137. The number of carbonyl (C=O) groups is 2. The maximum Gasteiger partial charge on any atom is 0.416 e. The number of nitriles is 1. The summed E-state index contributed by atoms with van der Waals surface area (Å²) in [5.41, 5.74) is -0.985. The predicted molar refractivity (Wildman–Crippen MR) is 117 cm³/mol. The summed E-state index contributed by atoms with van der Waals surface area (Å²) in [6, 6.07) is 10.6. The van der Waals surface area contributed by atoms with Gasteiger partial charge in [0.25, 0.3) is 5.91 Å². The highest BCUT2D eigenvalue weighted by Gasteiger charge is 2.67. The summed E-state index contributed by atoms with van der Waals surface area (Å²) in [5, 5.41) is 14.5. The third-order valence-electron chi connectivity index (χ3n) is 5.73. The van der Waals surface area contributed by atoms with Crippen LogP contribution in [0.25, 0.3) is 0 Å². The quantitative estimate of drug-likeness (QED) is 0.502. The van der Waals surface area contributed by atoms with Crippen molar-refractivity contribution in [1.82, 2.24) is 5.32 Å². The molecule has 2 amide bonds. The summed E-state index contributed by atoms with van der Waals surface area (Å²) in [7, 11) is 0. The minimum Gasteiger partial charge on any atom is -0.334 e. The molecular formula is C22H15Cl3F3N3O2. The van der Waals surface area contributed by atoms with Crippen LogP contribution in [0.4, 0.5) is 18.9 Å². The molecule has 0 bridgehead atoms. The van der Waals surface area contributed by atoms with E-state index in [-0.39, 0.29) is 16.3 Å². The zero-order valence-electron chi connectivity index (χ0n) is 16.6. The van der Waals surface area contributed by atoms with Crippen molar-refractivity contribution in [2.75, 3.05) is 5.32 Å². The van der Waals surface area contributed by atoms with Crippen LogP contribution in [0.5, 0.6) is 0 Å². The molecule has 33 heavy (non-hydrogen) atoms. The average Bonchev–Trinajstić information content (AvgIpc) is 3.63. The first-order valence-electron chi connectivity index (χ1n) is 9.77. The lowest BCUT2D eigenvalue weighted by Crippen LogP contribution is -2.35. The first-order chi connectivity index (χ1) is 15.4. The maximum atomic E-state index is 12.8. The van der Waals surface area contributed by atoms with Crippen molar-refractivity contribution in [2.24, 2.45) is 5.92 Å². The van der Waals surface area contributed by atoms with Crippen LogP contribution in [0.15, 0.2) is 42.5 Å². The van der Waals surface area contributed by atoms with Gasteiger partial charge >= 0.3 is 6.18 Å². The Labute approximate surface area is 201 Å². The van der Waals surface area contributed by atoms with Gasteiger partial charge in [0.05, 0.1) is 28.1 Å². The van der Waals surface area contributed by atoms with E-state index in [1.807, 2.05) is 6.07 Å². The van der Waals surface area contributed by atoms with Gasteiger partial charge in [0.1, 0.15) is 9.87 Å². The SMILES string of the molecule is N#CC1(NC(=O)c2cc(NC(=O)[C@@H]3[C@@H](c4ccc(C(F)(F)F)cc4)C3(Cl)Cl)ccc2Cl)CC1. The normalized spacial score (nSPS) is 22.1. The number of alkyl halides is 5. The first kappa shape index (κ1) is 23.7. The monoisotopic (exact) mass is 515 g/mol. The molecule has 0 aliphatic heterocycles. The molecule has 0 heterocycles. The van der Waals surface area contributed by atoms with Crippen LogP contribution in [0.1, 0.15) is 40.2 Å². The molecule has 4 rings (SSSR count).